The fourth-order valence-corrected chi connectivity index (χ4v) is 5.35. The van der Waals surface area contributed by atoms with Gasteiger partial charge in [-0.3, -0.25) is 4.90 Å². The summed E-state index contributed by atoms with van der Waals surface area (Å²) in [6.07, 6.45) is 4.18. The molecule has 31 heavy (non-hydrogen) atoms. The highest BCUT2D eigenvalue weighted by Crippen LogP contribution is 2.30. The van der Waals surface area contributed by atoms with E-state index in [1.54, 1.807) is 17.5 Å². The molecule has 0 aliphatic carbocycles. The molecule has 1 aromatic carbocycles. The molecule has 0 amide bonds. The Balaban J connectivity index is 1.30. The van der Waals surface area contributed by atoms with E-state index >= 15 is 0 Å². The van der Waals surface area contributed by atoms with Crippen molar-refractivity contribution in [3.63, 3.8) is 0 Å². The zero-order chi connectivity index (χ0) is 21.2. The largest absolute Gasteiger partial charge is 0.370 e. The second-order valence-corrected chi connectivity index (χ2v) is 10.0. The molecule has 1 N–H and O–H groups in total. The first-order valence-electron chi connectivity index (χ1n) is 10.4. The summed E-state index contributed by atoms with van der Waals surface area (Å²) in [6, 6.07) is 12.1. The third-order valence-electron chi connectivity index (χ3n) is 5.84. The van der Waals surface area contributed by atoms with Crippen molar-refractivity contribution in [1.82, 2.24) is 19.5 Å². The molecule has 160 valence electrons. The molecule has 4 heterocycles. The minimum absolute atomic E-state index is 0.643. The summed E-state index contributed by atoms with van der Waals surface area (Å²) >= 11 is 11.8. The Morgan fingerprint density at radius 1 is 1.19 bits per heavy atom. The predicted octanol–water partition coefficient (Wildman–Crippen LogP) is 6.20. The normalized spacial score (nSPS) is 15.5. The Morgan fingerprint density at radius 2 is 2.03 bits per heavy atom. The monoisotopic (exact) mass is 515 g/mol. The van der Waals surface area contributed by atoms with Gasteiger partial charge in [0.05, 0.1) is 16.4 Å². The van der Waals surface area contributed by atoms with Gasteiger partial charge in [0.25, 0.3) is 0 Å². The molecule has 5 rings (SSSR count). The maximum atomic E-state index is 6.44. The van der Waals surface area contributed by atoms with Crippen LogP contribution < -0.4 is 5.32 Å². The van der Waals surface area contributed by atoms with Gasteiger partial charge in [0.1, 0.15) is 5.82 Å². The van der Waals surface area contributed by atoms with Gasteiger partial charge in [-0.25, -0.2) is 4.98 Å². The van der Waals surface area contributed by atoms with Crippen LogP contribution >= 0.6 is 38.9 Å². The van der Waals surface area contributed by atoms with E-state index in [2.05, 4.69) is 48.1 Å². The summed E-state index contributed by atoms with van der Waals surface area (Å²) < 4.78 is 2.72. The third-order valence-corrected chi connectivity index (χ3v) is 7.46. The molecule has 3 aromatic heterocycles. The topological polar surface area (TPSA) is 45.5 Å². The number of rotatable bonds is 6. The second-order valence-electron chi connectivity index (χ2n) is 7.97. The minimum Gasteiger partial charge on any atom is -0.370 e. The first kappa shape index (κ1) is 20.9. The van der Waals surface area contributed by atoms with Crippen molar-refractivity contribution in [3.05, 3.63) is 68.4 Å². The van der Waals surface area contributed by atoms with E-state index in [4.69, 9.17) is 16.6 Å². The molecule has 1 saturated heterocycles. The summed E-state index contributed by atoms with van der Waals surface area (Å²) in [7, 11) is 0. The number of nitrogens with one attached hydrogen (secondary N) is 1. The van der Waals surface area contributed by atoms with Crippen molar-refractivity contribution in [3.8, 4) is 11.3 Å². The van der Waals surface area contributed by atoms with Gasteiger partial charge in [-0.1, -0.05) is 29.8 Å². The van der Waals surface area contributed by atoms with Crippen LogP contribution in [0.5, 0.6) is 0 Å². The van der Waals surface area contributed by atoms with Gasteiger partial charge in [0.15, 0.2) is 5.65 Å². The zero-order valence-corrected chi connectivity index (χ0v) is 20.1. The van der Waals surface area contributed by atoms with Crippen LogP contribution in [-0.4, -0.2) is 39.1 Å². The first-order valence-corrected chi connectivity index (χ1v) is 12.6. The molecule has 5 nitrogen and oxygen atoms in total. The average Bonchev–Trinajstić information content (AvgIpc) is 3.43. The molecule has 0 saturated carbocycles. The van der Waals surface area contributed by atoms with Crippen molar-refractivity contribution in [1.29, 1.82) is 0 Å². The van der Waals surface area contributed by atoms with Gasteiger partial charge in [-0.05, 0) is 76.2 Å². The van der Waals surface area contributed by atoms with Gasteiger partial charge in [-0.15, -0.1) is 0 Å². The minimum atomic E-state index is 0.643. The summed E-state index contributed by atoms with van der Waals surface area (Å²) in [5.74, 6) is 1.58. The van der Waals surface area contributed by atoms with Crippen LogP contribution in [0.1, 0.15) is 18.4 Å². The Labute approximate surface area is 199 Å². The van der Waals surface area contributed by atoms with Crippen LogP contribution in [0.25, 0.3) is 16.9 Å². The lowest BCUT2D eigenvalue weighted by atomic mass is 9.96. The number of anilines is 1. The highest BCUT2D eigenvalue weighted by Gasteiger charge is 2.20. The van der Waals surface area contributed by atoms with E-state index in [-0.39, 0.29) is 0 Å². The van der Waals surface area contributed by atoms with Crippen molar-refractivity contribution in [2.24, 2.45) is 5.92 Å². The van der Waals surface area contributed by atoms with E-state index < -0.39 is 0 Å². The van der Waals surface area contributed by atoms with Crippen LogP contribution in [0.15, 0.2) is 57.8 Å². The van der Waals surface area contributed by atoms with Crippen molar-refractivity contribution in [2.45, 2.75) is 19.4 Å². The number of hydrogen-bond acceptors (Lipinski definition) is 5. The second kappa shape index (κ2) is 9.28. The molecule has 0 radical (unpaired) electrons. The summed E-state index contributed by atoms with van der Waals surface area (Å²) in [4.78, 5) is 7.35. The van der Waals surface area contributed by atoms with Gasteiger partial charge in [0, 0.05) is 29.7 Å². The maximum Gasteiger partial charge on any atom is 0.172 e. The lowest BCUT2D eigenvalue weighted by molar-refractivity contribution is 0.182. The lowest BCUT2D eigenvalue weighted by Gasteiger charge is -2.32. The number of fused-ring (bicyclic) bond motifs is 1. The average molecular weight is 517 g/mol. The first-order chi connectivity index (χ1) is 15.2. The number of likely N-dealkylation sites (tertiary alicyclic amines) is 1. The Hall–Kier alpha value is -1.93. The van der Waals surface area contributed by atoms with Gasteiger partial charge in [-0.2, -0.15) is 21.0 Å². The summed E-state index contributed by atoms with van der Waals surface area (Å²) in [5.41, 5.74) is 3.97. The fraction of sp³-hybridized carbons (Fsp3) is 0.304. The zero-order valence-electron chi connectivity index (χ0n) is 17.0. The Bertz CT molecular complexity index is 1170. The Morgan fingerprint density at radius 3 is 2.81 bits per heavy atom. The van der Waals surface area contributed by atoms with E-state index in [0.29, 0.717) is 10.9 Å². The summed E-state index contributed by atoms with van der Waals surface area (Å²) in [5, 5.41) is 13.2. The third kappa shape index (κ3) is 4.65. The van der Waals surface area contributed by atoms with Gasteiger partial charge < -0.3 is 5.32 Å². The van der Waals surface area contributed by atoms with Gasteiger partial charge in [0.2, 0.25) is 0 Å². The fourth-order valence-electron chi connectivity index (χ4n) is 4.11. The molecule has 0 atom stereocenters. The molecular formula is C23H23BrClN5S. The lowest BCUT2D eigenvalue weighted by Crippen LogP contribution is -2.35. The van der Waals surface area contributed by atoms with E-state index in [1.807, 2.05) is 34.8 Å². The van der Waals surface area contributed by atoms with Crippen LogP contribution in [0.4, 0.5) is 5.82 Å². The van der Waals surface area contributed by atoms with Crippen molar-refractivity contribution < 1.29 is 0 Å². The number of aromatic nitrogens is 3. The molecular weight excluding hydrogens is 494 g/mol. The smallest absolute Gasteiger partial charge is 0.172 e. The molecule has 4 aromatic rings. The highest BCUT2D eigenvalue weighted by atomic mass is 79.9. The Kier molecular flexibility index (Phi) is 6.27. The van der Waals surface area contributed by atoms with E-state index in [9.17, 15) is 0 Å². The van der Waals surface area contributed by atoms with Crippen LogP contribution in [0.3, 0.4) is 0 Å². The molecule has 1 aliphatic heterocycles. The number of benzene rings is 1. The van der Waals surface area contributed by atoms with E-state index in [0.717, 1.165) is 53.4 Å². The molecule has 0 bridgehead atoms. The molecule has 0 spiro atoms. The van der Waals surface area contributed by atoms with Crippen molar-refractivity contribution in [2.75, 3.05) is 25.0 Å². The van der Waals surface area contributed by atoms with Crippen LogP contribution in [0.2, 0.25) is 5.02 Å². The quantitative estimate of drug-likeness (QED) is 0.331. The number of nitrogens with zero attached hydrogens (tertiary/aromatic N) is 4. The molecule has 8 heteroatoms. The SMILES string of the molecule is Clc1ccccc1-c1cc(NCC2CCN(Cc3ccsc3)CC2)n2ncc(Br)c2n1. The van der Waals surface area contributed by atoms with Gasteiger partial charge >= 0.3 is 0 Å². The number of piperidine rings is 1. The number of halogens is 2. The predicted molar refractivity (Wildman–Crippen MR) is 132 cm³/mol. The number of thiophene rings is 1. The highest BCUT2D eigenvalue weighted by molar-refractivity contribution is 9.10. The van der Waals surface area contributed by atoms with Crippen LogP contribution in [0, 0.1) is 5.92 Å². The number of hydrogen-bond donors (Lipinski definition) is 1. The maximum absolute atomic E-state index is 6.44. The van der Waals surface area contributed by atoms with Crippen LogP contribution in [-0.2, 0) is 6.54 Å². The molecule has 1 fully saturated rings. The standard InChI is InChI=1S/C23H23BrClN5S/c24-19-13-27-30-22(11-21(28-23(19)30)18-3-1-2-4-20(18)25)26-12-16-5-8-29(9-6-16)14-17-7-10-31-15-17/h1-4,7,10-11,13,15-16,26H,5-6,8-9,12,14H2. The summed E-state index contributed by atoms with van der Waals surface area (Å²) in [6.45, 7) is 4.28. The van der Waals surface area contributed by atoms with Crippen molar-refractivity contribution >= 4 is 50.3 Å². The molecule has 1 aliphatic rings. The molecule has 0 unspecified atom stereocenters. The van der Waals surface area contributed by atoms with E-state index in [1.165, 1.54) is 18.4 Å².